The molecule has 0 atom stereocenters. The number of nitrogen functional groups attached to an aromatic ring is 1. The second-order valence-electron chi connectivity index (χ2n) is 3.89. The van der Waals surface area contributed by atoms with Gasteiger partial charge in [-0.3, -0.25) is 4.79 Å². The molecular formula is C12H16N4OS2. The standard InChI is InChI=1S/C12H16N4OS2/c1-3-7-4-5-18-8(7)6-15-11(17)9-10(13)16-12(14-2)19-9/h4-5H,3,6,13H2,1-2H3,(H,14,16)(H,15,17). The minimum absolute atomic E-state index is 0.174. The maximum absolute atomic E-state index is 12.0. The average Bonchev–Trinajstić information content (AvgIpc) is 3.01. The van der Waals surface area contributed by atoms with E-state index in [-0.39, 0.29) is 11.7 Å². The van der Waals surface area contributed by atoms with Crippen LogP contribution < -0.4 is 16.4 Å². The van der Waals surface area contributed by atoms with E-state index in [9.17, 15) is 4.79 Å². The fourth-order valence-electron chi connectivity index (χ4n) is 1.68. The van der Waals surface area contributed by atoms with E-state index in [0.717, 1.165) is 6.42 Å². The van der Waals surface area contributed by atoms with Gasteiger partial charge in [0.15, 0.2) is 5.13 Å². The number of thiazole rings is 1. The number of anilines is 2. The van der Waals surface area contributed by atoms with Gasteiger partial charge in [0.25, 0.3) is 5.91 Å². The van der Waals surface area contributed by atoms with Crippen molar-refractivity contribution in [3.63, 3.8) is 0 Å². The second kappa shape index (κ2) is 6.03. The van der Waals surface area contributed by atoms with Crippen LogP contribution in [0.3, 0.4) is 0 Å². The fourth-order valence-corrected chi connectivity index (χ4v) is 3.35. The molecule has 2 aromatic heterocycles. The van der Waals surface area contributed by atoms with Gasteiger partial charge < -0.3 is 16.4 Å². The first-order chi connectivity index (χ1) is 9.15. The van der Waals surface area contributed by atoms with Gasteiger partial charge in [-0.25, -0.2) is 4.98 Å². The molecule has 2 rings (SSSR count). The first kappa shape index (κ1) is 13.8. The largest absolute Gasteiger partial charge is 0.382 e. The van der Waals surface area contributed by atoms with Gasteiger partial charge >= 0.3 is 0 Å². The molecule has 19 heavy (non-hydrogen) atoms. The number of carbonyl (C=O) groups excluding carboxylic acids is 1. The summed E-state index contributed by atoms with van der Waals surface area (Å²) in [7, 11) is 1.75. The summed E-state index contributed by atoms with van der Waals surface area (Å²) in [6, 6.07) is 2.09. The van der Waals surface area contributed by atoms with Gasteiger partial charge in [-0.1, -0.05) is 18.3 Å². The molecule has 2 heterocycles. The number of aryl methyl sites for hydroxylation is 1. The van der Waals surface area contributed by atoms with Gasteiger partial charge in [0.2, 0.25) is 0 Å². The van der Waals surface area contributed by atoms with Gasteiger partial charge in [0.05, 0.1) is 6.54 Å². The Balaban J connectivity index is 2.03. The van der Waals surface area contributed by atoms with Crippen LogP contribution in [0.5, 0.6) is 0 Å². The Labute approximate surface area is 119 Å². The average molecular weight is 296 g/mol. The zero-order valence-electron chi connectivity index (χ0n) is 10.8. The van der Waals surface area contributed by atoms with Crippen molar-refractivity contribution in [1.82, 2.24) is 10.3 Å². The summed E-state index contributed by atoms with van der Waals surface area (Å²) < 4.78 is 0. The van der Waals surface area contributed by atoms with Crippen LogP contribution in [-0.4, -0.2) is 17.9 Å². The number of hydrogen-bond donors (Lipinski definition) is 3. The summed E-state index contributed by atoms with van der Waals surface area (Å²) in [6.45, 7) is 2.64. The van der Waals surface area contributed by atoms with Crippen molar-refractivity contribution in [2.75, 3.05) is 18.1 Å². The van der Waals surface area contributed by atoms with Crippen molar-refractivity contribution in [2.24, 2.45) is 0 Å². The maximum Gasteiger partial charge on any atom is 0.265 e. The normalized spacial score (nSPS) is 10.4. The number of aromatic nitrogens is 1. The Morgan fingerprint density at radius 3 is 2.95 bits per heavy atom. The van der Waals surface area contributed by atoms with Crippen LogP contribution in [0.15, 0.2) is 11.4 Å². The summed E-state index contributed by atoms with van der Waals surface area (Å²) in [5, 5.41) is 8.46. The number of thiophene rings is 1. The molecule has 0 bridgehead atoms. The van der Waals surface area contributed by atoms with Crippen molar-refractivity contribution in [3.05, 3.63) is 26.8 Å². The highest BCUT2D eigenvalue weighted by Crippen LogP contribution is 2.24. The van der Waals surface area contributed by atoms with E-state index < -0.39 is 0 Å². The zero-order valence-corrected chi connectivity index (χ0v) is 12.5. The van der Waals surface area contributed by atoms with Crippen LogP contribution in [0.2, 0.25) is 0 Å². The third-order valence-electron chi connectivity index (χ3n) is 2.70. The number of nitrogens with one attached hydrogen (secondary N) is 2. The van der Waals surface area contributed by atoms with E-state index >= 15 is 0 Å². The van der Waals surface area contributed by atoms with Gasteiger partial charge in [0.1, 0.15) is 10.7 Å². The molecule has 0 radical (unpaired) electrons. The van der Waals surface area contributed by atoms with Crippen molar-refractivity contribution in [1.29, 1.82) is 0 Å². The summed E-state index contributed by atoms with van der Waals surface area (Å²) >= 11 is 2.91. The molecule has 7 heteroatoms. The molecule has 0 aliphatic rings. The Bertz CT molecular complexity index is 576. The summed E-state index contributed by atoms with van der Waals surface area (Å²) in [5.41, 5.74) is 7.00. The Hall–Kier alpha value is -1.60. The molecule has 102 valence electrons. The van der Waals surface area contributed by atoms with E-state index in [1.165, 1.54) is 21.8 Å². The number of amides is 1. The predicted molar refractivity (Wildman–Crippen MR) is 80.9 cm³/mol. The van der Waals surface area contributed by atoms with E-state index in [1.807, 2.05) is 5.38 Å². The number of rotatable bonds is 5. The Morgan fingerprint density at radius 2 is 2.32 bits per heavy atom. The quantitative estimate of drug-likeness (QED) is 0.791. The molecule has 0 saturated heterocycles. The summed E-state index contributed by atoms with van der Waals surface area (Å²) in [5.74, 6) is 0.0979. The first-order valence-corrected chi connectivity index (χ1v) is 7.62. The Morgan fingerprint density at radius 1 is 1.53 bits per heavy atom. The minimum atomic E-state index is -0.174. The molecule has 5 nitrogen and oxygen atoms in total. The van der Waals surface area contributed by atoms with Gasteiger partial charge in [-0.15, -0.1) is 11.3 Å². The minimum Gasteiger partial charge on any atom is -0.382 e. The van der Waals surface area contributed by atoms with Gasteiger partial charge in [0, 0.05) is 11.9 Å². The van der Waals surface area contributed by atoms with Crippen LogP contribution in [0.1, 0.15) is 27.0 Å². The molecule has 0 spiro atoms. The lowest BCUT2D eigenvalue weighted by Gasteiger charge is -2.04. The highest BCUT2D eigenvalue weighted by atomic mass is 32.1. The van der Waals surface area contributed by atoms with Crippen LogP contribution in [0.25, 0.3) is 0 Å². The summed E-state index contributed by atoms with van der Waals surface area (Å²) in [4.78, 5) is 17.7. The highest BCUT2D eigenvalue weighted by Gasteiger charge is 2.15. The number of hydrogen-bond acceptors (Lipinski definition) is 6. The summed E-state index contributed by atoms with van der Waals surface area (Å²) in [6.07, 6.45) is 0.974. The van der Waals surface area contributed by atoms with Crippen LogP contribution in [-0.2, 0) is 13.0 Å². The van der Waals surface area contributed by atoms with Crippen molar-refractivity contribution in [2.45, 2.75) is 19.9 Å². The second-order valence-corrected chi connectivity index (χ2v) is 5.89. The lowest BCUT2D eigenvalue weighted by molar-refractivity contribution is 0.0956. The molecule has 0 unspecified atom stereocenters. The number of nitrogens with two attached hydrogens (primary N) is 1. The zero-order chi connectivity index (χ0) is 13.8. The maximum atomic E-state index is 12.0. The first-order valence-electron chi connectivity index (χ1n) is 5.93. The predicted octanol–water partition coefficient (Wildman–Crippen LogP) is 2.32. The van der Waals surface area contributed by atoms with Crippen LogP contribution in [0, 0.1) is 0 Å². The topological polar surface area (TPSA) is 80.0 Å². The lowest BCUT2D eigenvalue weighted by Crippen LogP contribution is -2.22. The van der Waals surface area contributed by atoms with E-state index in [1.54, 1.807) is 18.4 Å². The van der Waals surface area contributed by atoms with Crippen molar-refractivity contribution < 1.29 is 4.79 Å². The molecule has 0 aliphatic heterocycles. The third kappa shape index (κ3) is 3.05. The van der Waals surface area contributed by atoms with Crippen molar-refractivity contribution >= 4 is 39.5 Å². The van der Waals surface area contributed by atoms with E-state index in [0.29, 0.717) is 16.6 Å². The number of nitrogens with zero attached hydrogens (tertiary/aromatic N) is 1. The van der Waals surface area contributed by atoms with Gasteiger partial charge in [-0.05, 0) is 23.4 Å². The highest BCUT2D eigenvalue weighted by molar-refractivity contribution is 7.18. The number of carbonyl (C=O) groups is 1. The molecule has 0 aromatic carbocycles. The molecule has 1 amide bonds. The SMILES string of the molecule is CCc1ccsc1CNC(=O)c1sc(NC)nc1N. The molecular weight excluding hydrogens is 280 g/mol. The smallest absolute Gasteiger partial charge is 0.265 e. The van der Waals surface area contributed by atoms with Crippen LogP contribution >= 0.6 is 22.7 Å². The van der Waals surface area contributed by atoms with Crippen LogP contribution in [0.4, 0.5) is 10.9 Å². The Kier molecular flexibility index (Phi) is 4.39. The molecule has 2 aromatic rings. The monoisotopic (exact) mass is 296 g/mol. The molecule has 0 saturated carbocycles. The molecule has 0 fully saturated rings. The molecule has 0 aliphatic carbocycles. The van der Waals surface area contributed by atoms with E-state index in [4.69, 9.17) is 5.73 Å². The van der Waals surface area contributed by atoms with E-state index in [2.05, 4.69) is 28.6 Å². The molecule has 4 N–H and O–H groups in total. The van der Waals surface area contributed by atoms with Crippen molar-refractivity contribution in [3.8, 4) is 0 Å². The fraction of sp³-hybridized carbons (Fsp3) is 0.333. The lowest BCUT2D eigenvalue weighted by atomic mass is 10.2. The van der Waals surface area contributed by atoms with Gasteiger partial charge in [-0.2, -0.15) is 0 Å². The third-order valence-corrected chi connectivity index (χ3v) is 4.75.